The van der Waals surface area contributed by atoms with Crippen LogP contribution in [0.25, 0.3) is 0 Å². The molecule has 0 radical (unpaired) electrons. The van der Waals surface area contributed by atoms with Crippen molar-refractivity contribution in [3.63, 3.8) is 0 Å². The van der Waals surface area contributed by atoms with E-state index in [0.29, 0.717) is 22.2 Å². The normalized spacial score (nSPS) is 9.29. The van der Waals surface area contributed by atoms with Crippen molar-refractivity contribution in [3.8, 4) is 11.8 Å². The predicted molar refractivity (Wildman–Crippen MR) is 63.5 cm³/mol. The Labute approximate surface area is 103 Å². The Kier molecular flexibility index (Phi) is 4.67. The summed E-state index contributed by atoms with van der Waals surface area (Å²) in [6, 6.07) is 0. The van der Waals surface area contributed by atoms with Gasteiger partial charge in [0.05, 0.1) is 18.7 Å². The van der Waals surface area contributed by atoms with Gasteiger partial charge in [0.2, 0.25) is 5.91 Å². The maximum atomic E-state index is 11.5. The zero-order valence-electron chi connectivity index (χ0n) is 9.57. The largest absolute Gasteiger partial charge is 0.462 e. The van der Waals surface area contributed by atoms with E-state index in [1.165, 1.54) is 0 Å². The summed E-state index contributed by atoms with van der Waals surface area (Å²) in [5.41, 5.74) is 5.53. The average Bonchev–Trinajstić information content (AvgIpc) is 2.59. The fourth-order valence-electron chi connectivity index (χ4n) is 1.04. The minimum absolute atomic E-state index is 0.0205. The molecule has 6 heteroatoms. The van der Waals surface area contributed by atoms with Crippen LogP contribution < -0.4 is 5.73 Å². The van der Waals surface area contributed by atoms with Gasteiger partial charge >= 0.3 is 5.97 Å². The molecule has 1 aromatic heterocycles. The monoisotopic (exact) mass is 252 g/mol. The number of aromatic nitrogens is 1. The number of amides is 1. The summed E-state index contributed by atoms with van der Waals surface area (Å²) < 4.78 is 4.87. The number of hydrogen-bond donors (Lipinski definition) is 1. The van der Waals surface area contributed by atoms with Crippen LogP contribution in [0.5, 0.6) is 0 Å². The third-order valence-electron chi connectivity index (χ3n) is 1.72. The summed E-state index contributed by atoms with van der Waals surface area (Å²) >= 11 is 1.15. The van der Waals surface area contributed by atoms with Gasteiger partial charge in [-0.05, 0) is 19.8 Å². The first kappa shape index (κ1) is 13.2. The van der Waals surface area contributed by atoms with Crippen molar-refractivity contribution in [2.45, 2.75) is 20.3 Å². The van der Waals surface area contributed by atoms with Gasteiger partial charge in [-0.15, -0.1) is 0 Å². The number of ether oxygens (including phenoxy) is 1. The molecule has 0 saturated carbocycles. The lowest BCUT2D eigenvalue weighted by atomic mass is 10.4. The molecular formula is C11H12N2O3S. The molecule has 0 saturated heterocycles. The van der Waals surface area contributed by atoms with Crippen molar-refractivity contribution in [2.75, 3.05) is 6.61 Å². The molecule has 1 amide bonds. The molecule has 0 unspecified atom stereocenters. The number of carbonyl (C=O) groups is 2. The first-order valence-corrected chi connectivity index (χ1v) is 5.78. The molecule has 0 spiro atoms. The minimum Gasteiger partial charge on any atom is -0.462 e. The Morgan fingerprint density at radius 2 is 2.24 bits per heavy atom. The van der Waals surface area contributed by atoms with Crippen molar-refractivity contribution in [1.29, 1.82) is 0 Å². The zero-order chi connectivity index (χ0) is 12.8. The van der Waals surface area contributed by atoms with E-state index < -0.39 is 11.9 Å². The lowest BCUT2D eigenvalue weighted by Gasteiger charge is -1.97. The summed E-state index contributed by atoms with van der Waals surface area (Å²) in [4.78, 5) is 26.5. The molecule has 0 atom stereocenters. The number of nitrogens with two attached hydrogens (primary N) is 1. The van der Waals surface area contributed by atoms with Crippen molar-refractivity contribution < 1.29 is 14.3 Å². The van der Waals surface area contributed by atoms with E-state index in [9.17, 15) is 9.59 Å². The number of rotatable bonds is 3. The Hall–Kier alpha value is -1.87. The quantitative estimate of drug-likeness (QED) is 0.638. The second-order valence-corrected chi connectivity index (χ2v) is 4.10. The Balaban J connectivity index is 2.83. The first-order chi connectivity index (χ1) is 8.04. The van der Waals surface area contributed by atoms with Gasteiger partial charge in [-0.1, -0.05) is 17.3 Å². The van der Waals surface area contributed by atoms with Crippen molar-refractivity contribution in [3.05, 3.63) is 15.6 Å². The molecule has 0 fully saturated rings. The van der Waals surface area contributed by atoms with Crippen LogP contribution in [-0.2, 0) is 9.53 Å². The van der Waals surface area contributed by atoms with Crippen LogP contribution in [0.2, 0.25) is 0 Å². The minimum atomic E-state index is -0.489. The highest BCUT2D eigenvalue weighted by Gasteiger charge is 2.15. The van der Waals surface area contributed by atoms with Gasteiger partial charge in [0.25, 0.3) is 0 Å². The number of hydrogen-bond acceptors (Lipinski definition) is 5. The summed E-state index contributed by atoms with van der Waals surface area (Å²) in [6.07, 6.45) is -0.0205. The number of esters is 1. The summed E-state index contributed by atoms with van der Waals surface area (Å²) in [5, 5.41) is 0.479. The molecular weight excluding hydrogens is 240 g/mol. The first-order valence-electron chi connectivity index (χ1n) is 4.96. The molecule has 1 aromatic rings. The fraction of sp³-hybridized carbons (Fsp3) is 0.364. The molecule has 2 N–H and O–H groups in total. The number of primary amides is 1. The van der Waals surface area contributed by atoms with E-state index in [4.69, 9.17) is 10.5 Å². The predicted octanol–water partition coefficient (Wildman–Crippen LogP) is 0.855. The maximum absolute atomic E-state index is 11.5. The lowest BCUT2D eigenvalue weighted by Crippen LogP contribution is -2.08. The highest BCUT2D eigenvalue weighted by Crippen LogP contribution is 2.18. The second-order valence-electron chi connectivity index (χ2n) is 3.10. The number of carbonyl (C=O) groups excluding carboxylic acids is 2. The summed E-state index contributed by atoms with van der Waals surface area (Å²) in [5.74, 6) is 4.38. The van der Waals surface area contributed by atoms with Gasteiger partial charge in [0.1, 0.15) is 4.88 Å². The topological polar surface area (TPSA) is 82.3 Å². The Morgan fingerprint density at radius 3 is 2.82 bits per heavy atom. The van der Waals surface area contributed by atoms with Crippen LogP contribution in [0.1, 0.15) is 33.7 Å². The van der Waals surface area contributed by atoms with Gasteiger partial charge in [-0.25, -0.2) is 9.78 Å². The zero-order valence-corrected chi connectivity index (χ0v) is 10.4. The molecule has 0 aromatic carbocycles. The van der Waals surface area contributed by atoms with Crippen LogP contribution >= 0.6 is 11.3 Å². The van der Waals surface area contributed by atoms with Crippen LogP contribution in [0, 0.1) is 18.8 Å². The molecule has 5 nitrogen and oxygen atoms in total. The highest BCUT2D eigenvalue weighted by molar-refractivity contribution is 7.14. The highest BCUT2D eigenvalue weighted by atomic mass is 32.1. The molecule has 0 aliphatic rings. The maximum Gasteiger partial charge on any atom is 0.350 e. The van der Waals surface area contributed by atoms with Gasteiger partial charge in [-0.2, -0.15) is 0 Å². The van der Waals surface area contributed by atoms with E-state index >= 15 is 0 Å². The van der Waals surface area contributed by atoms with Crippen molar-refractivity contribution in [2.24, 2.45) is 5.73 Å². The summed E-state index contributed by atoms with van der Waals surface area (Å²) in [6.45, 7) is 3.77. The van der Waals surface area contributed by atoms with Gasteiger partial charge in [0, 0.05) is 0 Å². The second kappa shape index (κ2) is 6.01. The molecule has 0 aliphatic heterocycles. The smallest absolute Gasteiger partial charge is 0.350 e. The number of aryl methyl sites for hydroxylation is 1. The SMILES string of the molecule is CCOC(=O)c1sc(C#CCC(N)=O)nc1C. The van der Waals surface area contributed by atoms with E-state index in [2.05, 4.69) is 16.8 Å². The molecule has 90 valence electrons. The van der Waals surface area contributed by atoms with Crippen LogP contribution in [-0.4, -0.2) is 23.5 Å². The molecule has 17 heavy (non-hydrogen) atoms. The van der Waals surface area contributed by atoms with Crippen LogP contribution in [0.3, 0.4) is 0 Å². The van der Waals surface area contributed by atoms with Gasteiger partial charge in [-0.3, -0.25) is 4.79 Å². The molecule has 0 bridgehead atoms. The fourth-order valence-corrected chi connectivity index (χ4v) is 1.88. The Morgan fingerprint density at radius 1 is 1.53 bits per heavy atom. The molecule has 1 heterocycles. The van der Waals surface area contributed by atoms with Gasteiger partial charge in [0.15, 0.2) is 5.01 Å². The molecule has 0 aliphatic carbocycles. The number of nitrogens with zero attached hydrogens (tertiary/aromatic N) is 1. The van der Waals surface area contributed by atoms with Gasteiger partial charge < -0.3 is 10.5 Å². The van der Waals surface area contributed by atoms with E-state index in [0.717, 1.165) is 11.3 Å². The van der Waals surface area contributed by atoms with E-state index in [1.54, 1.807) is 13.8 Å². The third-order valence-corrected chi connectivity index (χ3v) is 2.77. The van der Waals surface area contributed by atoms with E-state index in [1.807, 2.05) is 0 Å². The van der Waals surface area contributed by atoms with Crippen molar-refractivity contribution >= 4 is 23.2 Å². The lowest BCUT2D eigenvalue weighted by molar-refractivity contribution is -0.117. The standard InChI is InChI=1S/C11H12N2O3S/c1-3-16-11(15)10-7(2)13-9(17-10)6-4-5-8(12)14/h3,5H2,1-2H3,(H2,12,14). The Bertz CT molecular complexity index is 497. The van der Waals surface area contributed by atoms with Crippen molar-refractivity contribution in [1.82, 2.24) is 4.98 Å². The van der Waals surface area contributed by atoms with Crippen LogP contribution in [0.4, 0.5) is 0 Å². The molecule has 1 rings (SSSR count). The summed E-state index contributed by atoms with van der Waals surface area (Å²) in [7, 11) is 0. The number of thiazole rings is 1. The third kappa shape index (κ3) is 3.89. The average molecular weight is 252 g/mol. The van der Waals surface area contributed by atoms with Crippen LogP contribution in [0.15, 0.2) is 0 Å². The van der Waals surface area contributed by atoms with E-state index in [-0.39, 0.29) is 6.42 Å².